The zero-order valence-electron chi connectivity index (χ0n) is 11.8. The maximum Gasteiger partial charge on any atom is 0.115 e. The summed E-state index contributed by atoms with van der Waals surface area (Å²) in [5.41, 5.74) is 9.23. The van der Waals surface area contributed by atoms with E-state index in [0.717, 1.165) is 24.0 Å². The maximum absolute atomic E-state index is 5.70. The molecule has 0 spiro atoms. The molecular weight excluding hydrogens is 222 g/mol. The number of aryl methyl sites for hydroxylation is 1. The SMILES string of the molecule is CCn1c(C(C)(C)CC)nc2cc(CN)ccc21. The molecular formula is C15H23N3. The van der Waals surface area contributed by atoms with Gasteiger partial charge in [-0.15, -0.1) is 0 Å². The molecule has 0 fully saturated rings. The summed E-state index contributed by atoms with van der Waals surface area (Å²) in [7, 11) is 0. The van der Waals surface area contributed by atoms with E-state index >= 15 is 0 Å². The number of hydrogen-bond donors (Lipinski definition) is 1. The molecule has 0 amide bonds. The van der Waals surface area contributed by atoms with Gasteiger partial charge in [0, 0.05) is 18.5 Å². The molecule has 18 heavy (non-hydrogen) atoms. The van der Waals surface area contributed by atoms with Crippen molar-refractivity contribution in [3.05, 3.63) is 29.6 Å². The van der Waals surface area contributed by atoms with Crippen LogP contribution in [0.2, 0.25) is 0 Å². The molecule has 0 aliphatic rings. The third-order valence-corrected chi connectivity index (χ3v) is 3.85. The third-order valence-electron chi connectivity index (χ3n) is 3.85. The van der Waals surface area contributed by atoms with Crippen LogP contribution in [-0.4, -0.2) is 9.55 Å². The quantitative estimate of drug-likeness (QED) is 0.899. The minimum atomic E-state index is 0.109. The molecule has 98 valence electrons. The Morgan fingerprint density at radius 1 is 1.28 bits per heavy atom. The summed E-state index contributed by atoms with van der Waals surface area (Å²) in [6, 6.07) is 6.35. The Bertz CT molecular complexity index is 552. The van der Waals surface area contributed by atoms with Crippen molar-refractivity contribution in [2.75, 3.05) is 0 Å². The van der Waals surface area contributed by atoms with Crippen LogP contribution in [0, 0.1) is 0 Å². The summed E-state index contributed by atoms with van der Waals surface area (Å²) in [5, 5.41) is 0. The van der Waals surface area contributed by atoms with Crippen LogP contribution in [0.4, 0.5) is 0 Å². The predicted octanol–water partition coefficient (Wildman–Crippen LogP) is 3.20. The summed E-state index contributed by atoms with van der Waals surface area (Å²) >= 11 is 0. The minimum Gasteiger partial charge on any atom is -0.328 e. The summed E-state index contributed by atoms with van der Waals surface area (Å²) < 4.78 is 2.32. The van der Waals surface area contributed by atoms with Crippen molar-refractivity contribution >= 4 is 11.0 Å². The number of nitrogens with zero attached hydrogens (tertiary/aromatic N) is 2. The highest BCUT2D eigenvalue weighted by Gasteiger charge is 2.25. The van der Waals surface area contributed by atoms with Gasteiger partial charge in [-0.2, -0.15) is 0 Å². The van der Waals surface area contributed by atoms with Gasteiger partial charge < -0.3 is 10.3 Å². The number of benzene rings is 1. The Morgan fingerprint density at radius 2 is 2.00 bits per heavy atom. The van der Waals surface area contributed by atoms with Gasteiger partial charge in [-0.3, -0.25) is 0 Å². The Hall–Kier alpha value is -1.35. The van der Waals surface area contributed by atoms with Crippen molar-refractivity contribution in [1.82, 2.24) is 9.55 Å². The summed E-state index contributed by atoms with van der Waals surface area (Å²) in [6.45, 7) is 10.4. The minimum absolute atomic E-state index is 0.109. The van der Waals surface area contributed by atoms with Crippen LogP contribution in [0.3, 0.4) is 0 Å². The highest BCUT2D eigenvalue weighted by molar-refractivity contribution is 5.77. The zero-order chi connectivity index (χ0) is 13.3. The normalized spacial score (nSPS) is 12.3. The number of nitrogens with two attached hydrogens (primary N) is 1. The molecule has 3 heteroatoms. The van der Waals surface area contributed by atoms with Crippen molar-refractivity contribution in [2.24, 2.45) is 5.73 Å². The lowest BCUT2D eigenvalue weighted by Gasteiger charge is -2.23. The Labute approximate surface area is 109 Å². The van der Waals surface area contributed by atoms with Gasteiger partial charge >= 0.3 is 0 Å². The lowest BCUT2D eigenvalue weighted by molar-refractivity contribution is 0.451. The van der Waals surface area contributed by atoms with Gasteiger partial charge in [0.25, 0.3) is 0 Å². The molecule has 0 bridgehead atoms. The monoisotopic (exact) mass is 245 g/mol. The van der Waals surface area contributed by atoms with E-state index in [0.29, 0.717) is 6.54 Å². The average Bonchev–Trinajstić information content (AvgIpc) is 2.76. The average molecular weight is 245 g/mol. The van der Waals surface area contributed by atoms with Crippen molar-refractivity contribution in [3.63, 3.8) is 0 Å². The van der Waals surface area contributed by atoms with E-state index in [-0.39, 0.29) is 5.41 Å². The van der Waals surface area contributed by atoms with E-state index in [1.807, 2.05) is 0 Å². The Kier molecular flexibility index (Phi) is 3.44. The van der Waals surface area contributed by atoms with E-state index in [4.69, 9.17) is 10.7 Å². The maximum atomic E-state index is 5.70. The molecule has 1 aromatic heterocycles. The highest BCUT2D eigenvalue weighted by Crippen LogP contribution is 2.29. The molecule has 1 heterocycles. The lowest BCUT2D eigenvalue weighted by Crippen LogP contribution is -2.21. The molecule has 0 saturated heterocycles. The van der Waals surface area contributed by atoms with E-state index in [1.54, 1.807) is 0 Å². The number of imidazole rings is 1. The molecule has 0 radical (unpaired) electrons. The van der Waals surface area contributed by atoms with E-state index in [2.05, 4.69) is 50.5 Å². The molecule has 2 aromatic rings. The first-order valence-corrected chi connectivity index (χ1v) is 6.73. The van der Waals surface area contributed by atoms with Crippen molar-refractivity contribution in [3.8, 4) is 0 Å². The fraction of sp³-hybridized carbons (Fsp3) is 0.533. The largest absolute Gasteiger partial charge is 0.328 e. The molecule has 0 aliphatic carbocycles. The van der Waals surface area contributed by atoms with Gasteiger partial charge in [-0.05, 0) is 31.0 Å². The van der Waals surface area contributed by atoms with Gasteiger partial charge in [0.05, 0.1) is 11.0 Å². The van der Waals surface area contributed by atoms with Gasteiger partial charge in [0.1, 0.15) is 5.82 Å². The predicted molar refractivity (Wildman–Crippen MR) is 76.6 cm³/mol. The third kappa shape index (κ3) is 2.03. The lowest BCUT2D eigenvalue weighted by atomic mass is 9.89. The number of fused-ring (bicyclic) bond motifs is 1. The first-order chi connectivity index (χ1) is 8.53. The number of rotatable bonds is 4. The van der Waals surface area contributed by atoms with Crippen LogP contribution in [0.15, 0.2) is 18.2 Å². The summed E-state index contributed by atoms with van der Waals surface area (Å²) in [5.74, 6) is 1.18. The number of aromatic nitrogens is 2. The molecule has 3 nitrogen and oxygen atoms in total. The smallest absolute Gasteiger partial charge is 0.115 e. The summed E-state index contributed by atoms with van der Waals surface area (Å²) in [6.07, 6.45) is 1.08. The fourth-order valence-corrected chi connectivity index (χ4v) is 2.30. The Morgan fingerprint density at radius 3 is 2.56 bits per heavy atom. The zero-order valence-corrected chi connectivity index (χ0v) is 11.8. The molecule has 0 unspecified atom stereocenters. The molecule has 1 aromatic carbocycles. The van der Waals surface area contributed by atoms with Crippen molar-refractivity contribution in [2.45, 2.75) is 52.6 Å². The molecule has 0 atom stereocenters. The molecule has 2 rings (SSSR count). The van der Waals surface area contributed by atoms with Crippen LogP contribution in [0.1, 0.15) is 45.5 Å². The second-order valence-corrected chi connectivity index (χ2v) is 5.44. The van der Waals surface area contributed by atoms with Gasteiger partial charge in [-0.1, -0.05) is 26.8 Å². The first kappa shape index (κ1) is 13.1. The van der Waals surface area contributed by atoms with E-state index < -0.39 is 0 Å². The molecule has 2 N–H and O–H groups in total. The van der Waals surface area contributed by atoms with E-state index in [9.17, 15) is 0 Å². The van der Waals surface area contributed by atoms with E-state index in [1.165, 1.54) is 11.3 Å². The van der Waals surface area contributed by atoms with Crippen LogP contribution >= 0.6 is 0 Å². The van der Waals surface area contributed by atoms with Gasteiger partial charge in [0.15, 0.2) is 0 Å². The van der Waals surface area contributed by atoms with Crippen molar-refractivity contribution in [1.29, 1.82) is 0 Å². The topological polar surface area (TPSA) is 43.8 Å². The molecule has 0 aliphatic heterocycles. The molecule has 0 saturated carbocycles. The first-order valence-electron chi connectivity index (χ1n) is 6.73. The fourth-order valence-electron chi connectivity index (χ4n) is 2.30. The van der Waals surface area contributed by atoms with Crippen LogP contribution in [-0.2, 0) is 18.5 Å². The van der Waals surface area contributed by atoms with Crippen LogP contribution in [0.25, 0.3) is 11.0 Å². The Balaban J connectivity index is 2.67. The van der Waals surface area contributed by atoms with Gasteiger partial charge in [0.2, 0.25) is 0 Å². The number of hydrogen-bond acceptors (Lipinski definition) is 2. The van der Waals surface area contributed by atoms with Crippen LogP contribution in [0.5, 0.6) is 0 Å². The van der Waals surface area contributed by atoms with Gasteiger partial charge in [-0.25, -0.2) is 4.98 Å². The van der Waals surface area contributed by atoms with Crippen LogP contribution < -0.4 is 5.73 Å². The standard InChI is InChI=1S/C15H23N3/c1-5-15(3,4)14-17-12-9-11(10-16)7-8-13(12)18(14)6-2/h7-9H,5-6,10,16H2,1-4H3. The second kappa shape index (κ2) is 4.73. The second-order valence-electron chi connectivity index (χ2n) is 5.44. The summed E-state index contributed by atoms with van der Waals surface area (Å²) in [4.78, 5) is 4.84. The van der Waals surface area contributed by atoms with Crippen molar-refractivity contribution < 1.29 is 0 Å². The highest BCUT2D eigenvalue weighted by atomic mass is 15.1.